The van der Waals surface area contributed by atoms with Crippen LogP contribution in [0.25, 0.3) is 0 Å². The summed E-state index contributed by atoms with van der Waals surface area (Å²) in [7, 11) is 9.14. The van der Waals surface area contributed by atoms with Crippen molar-refractivity contribution in [3.8, 4) is 0 Å². The Hall–Kier alpha value is -1.13. The van der Waals surface area contributed by atoms with Crippen molar-refractivity contribution < 1.29 is 57.0 Å². The molecule has 1 fully saturated rings. The molecule has 0 aromatic carbocycles. The van der Waals surface area contributed by atoms with Crippen LogP contribution in [0.2, 0.25) is 0 Å². The van der Waals surface area contributed by atoms with Gasteiger partial charge in [-0.25, -0.2) is 14.4 Å². The minimum absolute atomic E-state index is 0.490. The van der Waals surface area contributed by atoms with E-state index >= 15 is 0 Å². The molecule has 0 saturated carbocycles. The standard InChI is InChI=1S/C18H24Br2O12/c1-24-11(21)9-10(12(22)25-2)15(20)16(27-4,14(9,19)13(23)26-3)32-18(30-7,31-8)17(15,28-5)29-6/h1-8H3. The van der Waals surface area contributed by atoms with Gasteiger partial charge in [0.2, 0.25) is 10.1 Å². The van der Waals surface area contributed by atoms with E-state index in [1.807, 2.05) is 0 Å². The molecule has 12 nitrogen and oxygen atoms in total. The molecule has 1 aliphatic carbocycles. The zero-order valence-electron chi connectivity index (χ0n) is 18.7. The molecule has 0 spiro atoms. The molecule has 1 heterocycles. The smallest absolute Gasteiger partial charge is 0.344 e. The molecule has 0 N–H and O–H groups in total. The molecule has 3 unspecified atom stereocenters. The number of hydrogen-bond acceptors (Lipinski definition) is 12. The van der Waals surface area contributed by atoms with Crippen molar-refractivity contribution in [3.63, 3.8) is 0 Å². The van der Waals surface area contributed by atoms with E-state index in [2.05, 4.69) is 31.9 Å². The van der Waals surface area contributed by atoms with E-state index in [0.29, 0.717) is 0 Å². The van der Waals surface area contributed by atoms with Crippen molar-refractivity contribution in [1.29, 1.82) is 0 Å². The van der Waals surface area contributed by atoms with E-state index in [4.69, 9.17) is 42.6 Å². The number of carbonyl (C=O) groups is 3. The van der Waals surface area contributed by atoms with Crippen LogP contribution in [-0.4, -0.2) is 101 Å². The van der Waals surface area contributed by atoms with Crippen LogP contribution in [-0.2, 0) is 57.0 Å². The Labute approximate surface area is 200 Å². The molecule has 3 atom stereocenters. The first-order chi connectivity index (χ1) is 15.0. The molecule has 1 aliphatic heterocycles. The van der Waals surface area contributed by atoms with Crippen molar-refractivity contribution in [2.24, 2.45) is 0 Å². The third kappa shape index (κ3) is 2.66. The highest BCUT2D eigenvalue weighted by molar-refractivity contribution is 9.11. The molecule has 0 aromatic heterocycles. The van der Waals surface area contributed by atoms with Gasteiger partial charge < -0.3 is 37.9 Å². The van der Waals surface area contributed by atoms with Crippen LogP contribution in [0.5, 0.6) is 0 Å². The summed E-state index contributed by atoms with van der Waals surface area (Å²) in [6.07, 6.45) is 0. The van der Waals surface area contributed by atoms with Crippen LogP contribution in [0, 0.1) is 0 Å². The molecule has 0 amide bonds. The zero-order chi connectivity index (χ0) is 24.8. The second-order valence-electron chi connectivity index (χ2n) is 6.45. The molecule has 1 saturated heterocycles. The van der Waals surface area contributed by atoms with Crippen LogP contribution in [0.3, 0.4) is 0 Å². The lowest BCUT2D eigenvalue weighted by atomic mass is 9.85. The largest absolute Gasteiger partial charge is 0.468 e. The van der Waals surface area contributed by atoms with E-state index in [-0.39, 0.29) is 0 Å². The molecule has 14 heteroatoms. The van der Waals surface area contributed by atoms with Gasteiger partial charge in [0.05, 0.1) is 32.5 Å². The number of esters is 3. The molecule has 0 bridgehead atoms. The number of carbonyl (C=O) groups excluding carboxylic acids is 3. The van der Waals surface area contributed by atoms with Gasteiger partial charge in [-0.1, -0.05) is 31.9 Å². The third-order valence-corrected chi connectivity index (χ3v) is 8.31. The van der Waals surface area contributed by atoms with Gasteiger partial charge in [0.1, 0.15) is 0 Å². The van der Waals surface area contributed by atoms with Crippen LogP contribution >= 0.6 is 31.9 Å². The number of halogens is 2. The molecule has 2 rings (SSSR count). The van der Waals surface area contributed by atoms with E-state index in [1.54, 1.807) is 0 Å². The summed E-state index contributed by atoms with van der Waals surface area (Å²) in [5.74, 6) is -10.1. The first-order valence-corrected chi connectivity index (χ1v) is 10.4. The van der Waals surface area contributed by atoms with Crippen LogP contribution < -0.4 is 0 Å². The molecular formula is C18H24Br2O12. The summed E-state index contributed by atoms with van der Waals surface area (Å²) in [6.45, 7) is 0. The second kappa shape index (κ2) is 8.91. The normalized spacial score (nSPS) is 32.4. The maximum atomic E-state index is 13.2. The Kier molecular flexibility index (Phi) is 7.55. The number of ether oxygens (including phenoxy) is 9. The van der Waals surface area contributed by atoms with Crippen molar-refractivity contribution in [1.82, 2.24) is 0 Å². The summed E-state index contributed by atoms with van der Waals surface area (Å²) in [5.41, 5.74) is -1.03. The minimum atomic E-state index is -2.38. The Morgan fingerprint density at radius 3 is 1.50 bits per heavy atom. The molecule has 0 radical (unpaired) electrons. The first-order valence-electron chi connectivity index (χ1n) is 8.80. The number of hydrogen-bond donors (Lipinski definition) is 0. The third-order valence-electron chi connectivity index (χ3n) is 5.63. The lowest BCUT2D eigenvalue weighted by Crippen LogP contribution is -2.69. The number of fused-ring (bicyclic) bond motifs is 1. The van der Waals surface area contributed by atoms with Gasteiger partial charge in [-0.05, 0) is 0 Å². The Balaban J connectivity index is 3.26. The number of rotatable bonds is 8. The highest BCUT2D eigenvalue weighted by Crippen LogP contribution is 2.73. The topological polar surface area (TPSA) is 134 Å². The lowest BCUT2D eigenvalue weighted by molar-refractivity contribution is -0.468. The lowest BCUT2D eigenvalue weighted by Gasteiger charge is -2.45. The van der Waals surface area contributed by atoms with Gasteiger partial charge in [0, 0.05) is 35.5 Å². The van der Waals surface area contributed by atoms with Crippen molar-refractivity contribution >= 4 is 49.8 Å². The summed E-state index contributed by atoms with van der Waals surface area (Å²) in [6, 6.07) is 0. The summed E-state index contributed by atoms with van der Waals surface area (Å²) >= 11 is 6.70. The fourth-order valence-electron chi connectivity index (χ4n) is 4.34. The van der Waals surface area contributed by atoms with Crippen molar-refractivity contribution in [2.75, 3.05) is 56.9 Å². The van der Waals surface area contributed by atoms with Crippen LogP contribution in [0.15, 0.2) is 11.1 Å². The van der Waals surface area contributed by atoms with Crippen LogP contribution in [0.1, 0.15) is 0 Å². The molecular weight excluding hydrogens is 568 g/mol. The molecule has 32 heavy (non-hydrogen) atoms. The number of methoxy groups -OCH3 is 8. The Morgan fingerprint density at radius 1 is 0.688 bits per heavy atom. The molecule has 2 aliphatic rings. The first kappa shape index (κ1) is 27.1. The van der Waals surface area contributed by atoms with Gasteiger partial charge in [0.15, 0.2) is 4.32 Å². The molecule has 0 aromatic rings. The molecule has 182 valence electrons. The van der Waals surface area contributed by atoms with E-state index in [1.165, 1.54) is 28.4 Å². The van der Waals surface area contributed by atoms with Crippen molar-refractivity contribution in [2.45, 2.75) is 26.2 Å². The van der Waals surface area contributed by atoms with Gasteiger partial charge in [0.25, 0.3) is 5.79 Å². The van der Waals surface area contributed by atoms with E-state index < -0.39 is 55.3 Å². The second-order valence-corrected chi connectivity index (χ2v) is 8.83. The Bertz CT molecular complexity index is 836. The fraction of sp³-hybridized carbons (Fsp3) is 0.722. The highest BCUT2D eigenvalue weighted by Gasteiger charge is 2.95. The van der Waals surface area contributed by atoms with Gasteiger partial charge in [-0.3, -0.25) is 4.74 Å². The average molecular weight is 592 g/mol. The quantitative estimate of drug-likeness (QED) is 0.167. The minimum Gasteiger partial charge on any atom is -0.468 e. The number of alkyl halides is 2. The summed E-state index contributed by atoms with van der Waals surface area (Å²) < 4.78 is 44.5. The summed E-state index contributed by atoms with van der Waals surface area (Å²) in [4.78, 5) is 39.4. The highest BCUT2D eigenvalue weighted by atomic mass is 79.9. The maximum Gasteiger partial charge on any atom is 0.344 e. The fourth-order valence-corrected chi connectivity index (χ4v) is 7.13. The summed E-state index contributed by atoms with van der Waals surface area (Å²) in [5, 5.41) is 0. The average Bonchev–Trinajstić information content (AvgIpc) is 3.13. The van der Waals surface area contributed by atoms with Crippen LogP contribution in [0.4, 0.5) is 0 Å². The SMILES string of the molecule is COC(=O)C1=C(C(=O)OC)C2(Br)C(OC)(OC)C(OC)(OC)OC2(OC)C1(Br)C(=O)OC. The van der Waals surface area contributed by atoms with Gasteiger partial charge in [-0.2, -0.15) is 0 Å². The van der Waals surface area contributed by atoms with E-state index in [9.17, 15) is 14.4 Å². The Morgan fingerprint density at radius 2 is 1.16 bits per heavy atom. The van der Waals surface area contributed by atoms with Crippen molar-refractivity contribution in [3.05, 3.63) is 11.1 Å². The van der Waals surface area contributed by atoms with Gasteiger partial charge in [-0.15, -0.1) is 0 Å². The predicted molar refractivity (Wildman–Crippen MR) is 111 cm³/mol. The maximum absolute atomic E-state index is 13.2. The van der Waals surface area contributed by atoms with E-state index in [0.717, 1.165) is 28.4 Å². The van der Waals surface area contributed by atoms with Gasteiger partial charge >= 0.3 is 23.9 Å². The zero-order valence-corrected chi connectivity index (χ0v) is 21.8. The monoisotopic (exact) mass is 590 g/mol. The predicted octanol–water partition coefficient (Wildman–Crippen LogP) is 0.392.